The third kappa shape index (κ3) is 4.11. The van der Waals surface area contributed by atoms with Crippen molar-refractivity contribution in [1.29, 1.82) is 0 Å². The second-order valence-corrected chi connectivity index (χ2v) is 7.14. The molecule has 0 fully saturated rings. The molecule has 2 heterocycles. The number of nitrogen functional groups attached to an aromatic ring is 1. The van der Waals surface area contributed by atoms with Crippen molar-refractivity contribution >= 4 is 40.6 Å². The number of hydrazone groups is 1. The minimum atomic E-state index is -0.593. The average molecular weight is 457 g/mol. The Bertz CT molecular complexity index is 1280. The Morgan fingerprint density at radius 1 is 1.16 bits per heavy atom. The summed E-state index contributed by atoms with van der Waals surface area (Å²) < 4.78 is 5.93. The summed E-state index contributed by atoms with van der Waals surface area (Å²) in [5, 5.41) is 20.3. The number of nitrogens with one attached hydrogen (secondary N) is 1. The van der Waals surface area contributed by atoms with E-state index in [0.717, 1.165) is 0 Å². The Morgan fingerprint density at radius 3 is 2.61 bits per heavy atom. The first-order valence-electron chi connectivity index (χ1n) is 8.85. The molecule has 10 nitrogen and oxygen atoms in total. The lowest BCUT2D eigenvalue weighted by atomic mass is 10.1. The molecule has 3 N–H and O–H groups in total. The highest BCUT2D eigenvalue weighted by molar-refractivity contribution is 6.37. The van der Waals surface area contributed by atoms with Crippen LogP contribution in [0.3, 0.4) is 0 Å². The van der Waals surface area contributed by atoms with Crippen molar-refractivity contribution in [3.63, 3.8) is 0 Å². The summed E-state index contributed by atoms with van der Waals surface area (Å²) in [6.45, 7) is 1.70. The Hall–Kier alpha value is -3.76. The van der Waals surface area contributed by atoms with Crippen molar-refractivity contribution < 1.29 is 9.42 Å². The van der Waals surface area contributed by atoms with Gasteiger partial charge in [0.05, 0.1) is 10.7 Å². The molecular weight excluding hydrogens is 443 g/mol. The van der Waals surface area contributed by atoms with Gasteiger partial charge < -0.3 is 5.73 Å². The summed E-state index contributed by atoms with van der Waals surface area (Å²) >= 11 is 12.1. The van der Waals surface area contributed by atoms with Crippen LogP contribution >= 0.6 is 23.2 Å². The topological polar surface area (TPSA) is 137 Å². The average Bonchev–Trinajstić information content (AvgIpc) is 3.38. The van der Waals surface area contributed by atoms with Crippen LogP contribution in [0.1, 0.15) is 23.0 Å². The molecule has 0 saturated heterocycles. The second-order valence-electron chi connectivity index (χ2n) is 6.30. The van der Waals surface area contributed by atoms with Crippen molar-refractivity contribution in [3.8, 4) is 17.1 Å². The molecule has 4 rings (SSSR count). The highest BCUT2D eigenvalue weighted by Gasteiger charge is 2.25. The standard InChI is InChI=1S/C19H14Cl2N8O2/c1-10(13-8-7-12(20)9-14(13)21)23-25-19(30)15-16(11-5-3-2-4-6-11)29(28-24-15)18-17(22)26-31-27-18/h2-9H,1H3,(H2,22,26)(H,25,30). The summed E-state index contributed by atoms with van der Waals surface area (Å²) in [5.41, 5.74) is 10.4. The molecule has 0 unspecified atom stereocenters. The summed E-state index contributed by atoms with van der Waals surface area (Å²) in [7, 11) is 0. The molecule has 0 aliphatic heterocycles. The molecule has 0 atom stereocenters. The Labute approximate surface area is 185 Å². The number of carbonyl (C=O) groups is 1. The van der Waals surface area contributed by atoms with Crippen LogP contribution in [0, 0.1) is 0 Å². The molecule has 1 amide bonds. The van der Waals surface area contributed by atoms with Gasteiger partial charge in [0.2, 0.25) is 11.6 Å². The maximum absolute atomic E-state index is 12.9. The number of hydrogen-bond donors (Lipinski definition) is 2. The molecule has 0 bridgehead atoms. The van der Waals surface area contributed by atoms with Crippen molar-refractivity contribution in [2.45, 2.75) is 6.92 Å². The van der Waals surface area contributed by atoms with Crippen LogP contribution in [0.25, 0.3) is 17.1 Å². The zero-order valence-corrected chi connectivity index (χ0v) is 17.5. The van der Waals surface area contributed by atoms with E-state index < -0.39 is 5.91 Å². The number of halogens is 2. The predicted octanol–water partition coefficient (Wildman–Crippen LogP) is 3.36. The zero-order valence-electron chi connectivity index (χ0n) is 16.0. The van der Waals surface area contributed by atoms with Gasteiger partial charge >= 0.3 is 0 Å². The number of anilines is 1. The fourth-order valence-corrected chi connectivity index (χ4v) is 3.35. The number of nitrogens with zero attached hydrogens (tertiary/aromatic N) is 6. The van der Waals surface area contributed by atoms with Gasteiger partial charge in [-0.25, -0.2) is 10.1 Å². The van der Waals surface area contributed by atoms with E-state index in [1.807, 2.05) is 18.2 Å². The Morgan fingerprint density at radius 2 is 1.94 bits per heavy atom. The van der Waals surface area contributed by atoms with E-state index in [9.17, 15) is 4.79 Å². The van der Waals surface area contributed by atoms with Crippen molar-refractivity contribution in [2.75, 3.05) is 5.73 Å². The van der Waals surface area contributed by atoms with Crippen molar-refractivity contribution in [1.82, 2.24) is 30.7 Å². The number of amides is 1. The molecule has 2 aromatic carbocycles. The molecule has 0 spiro atoms. The van der Waals surface area contributed by atoms with Gasteiger partial charge in [0.15, 0.2) is 5.69 Å². The Balaban J connectivity index is 1.70. The molecule has 0 aliphatic rings. The number of nitrogens with two attached hydrogens (primary N) is 1. The van der Waals surface area contributed by atoms with E-state index in [0.29, 0.717) is 32.6 Å². The number of hydrogen-bond acceptors (Lipinski definition) is 8. The molecule has 4 aromatic rings. The second kappa shape index (κ2) is 8.54. The normalized spacial score (nSPS) is 11.5. The zero-order chi connectivity index (χ0) is 22.0. The van der Waals surface area contributed by atoms with Crippen LogP contribution in [0.5, 0.6) is 0 Å². The third-order valence-corrected chi connectivity index (χ3v) is 4.82. The van der Waals surface area contributed by atoms with Crippen LogP contribution in [0.15, 0.2) is 58.3 Å². The number of benzene rings is 2. The number of aromatic nitrogens is 5. The predicted molar refractivity (Wildman–Crippen MR) is 115 cm³/mol. The minimum Gasteiger partial charge on any atom is -0.378 e. The van der Waals surface area contributed by atoms with E-state index in [2.05, 4.69) is 35.8 Å². The molecule has 156 valence electrons. The molecule has 2 aromatic heterocycles. The molecule has 0 saturated carbocycles. The van der Waals surface area contributed by atoms with Gasteiger partial charge in [0.25, 0.3) is 5.91 Å². The minimum absolute atomic E-state index is 0.000264. The molecule has 31 heavy (non-hydrogen) atoms. The molecule has 0 aliphatic carbocycles. The van der Waals surface area contributed by atoms with Crippen LogP contribution in [0.4, 0.5) is 5.82 Å². The lowest BCUT2D eigenvalue weighted by Crippen LogP contribution is -2.21. The SMILES string of the molecule is CC(=NNC(=O)c1nnn(-c2nonc2N)c1-c1ccccc1)c1ccc(Cl)cc1Cl. The fraction of sp³-hybridized carbons (Fsp3) is 0.0526. The summed E-state index contributed by atoms with van der Waals surface area (Å²) in [6, 6.07) is 14.0. The maximum Gasteiger partial charge on any atom is 0.294 e. The van der Waals surface area contributed by atoms with Crippen LogP contribution in [0.2, 0.25) is 10.0 Å². The highest BCUT2D eigenvalue weighted by atomic mass is 35.5. The summed E-state index contributed by atoms with van der Waals surface area (Å²) in [4.78, 5) is 12.9. The lowest BCUT2D eigenvalue weighted by molar-refractivity contribution is 0.0950. The number of rotatable bonds is 5. The first-order chi connectivity index (χ1) is 15.0. The summed E-state index contributed by atoms with van der Waals surface area (Å²) in [5.74, 6) is -0.483. The first-order valence-corrected chi connectivity index (χ1v) is 9.61. The highest BCUT2D eigenvalue weighted by Crippen LogP contribution is 2.26. The van der Waals surface area contributed by atoms with E-state index in [4.69, 9.17) is 28.9 Å². The van der Waals surface area contributed by atoms with E-state index in [-0.39, 0.29) is 17.3 Å². The van der Waals surface area contributed by atoms with Gasteiger partial charge in [0.1, 0.15) is 5.69 Å². The van der Waals surface area contributed by atoms with Gasteiger partial charge in [0, 0.05) is 16.1 Å². The number of carbonyl (C=O) groups excluding carboxylic acids is 1. The van der Waals surface area contributed by atoms with Gasteiger partial charge in [-0.05, 0) is 29.4 Å². The molecule has 12 heteroatoms. The molecule has 0 radical (unpaired) electrons. The van der Waals surface area contributed by atoms with Crippen molar-refractivity contribution in [3.05, 3.63) is 69.8 Å². The van der Waals surface area contributed by atoms with Crippen LogP contribution in [-0.2, 0) is 0 Å². The van der Waals surface area contributed by atoms with Crippen LogP contribution < -0.4 is 11.2 Å². The van der Waals surface area contributed by atoms with E-state index >= 15 is 0 Å². The van der Waals surface area contributed by atoms with E-state index in [1.165, 1.54) is 4.68 Å². The largest absolute Gasteiger partial charge is 0.378 e. The monoisotopic (exact) mass is 456 g/mol. The van der Waals surface area contributed by atoms with Gasteiger partial charge in [-0.2, -0.15) is 9.78 Å². The van der Waals surface area contributed by atoms with Crippen LogP contribution in [-0.4, -0.2) is 36.9 Å². The quantitative estimate of drug-likeness (QED) is 0.346. The van der Waals surface area contributed by atoms with Gasteiger partial charge in [-0.15, -0.1) is 5.10 Å². The fourth-order valence-electron chi connectivity index (χ4n) is 2.81. The first kappa shape index (κ1) is 20.5. The van der Waals surface area contributed by atoms with E-state index in [1.54, 1.807) is 37.3 Å². The van der Waals surface area contributed by atoms with Gasteiger partial charge in [-0.1, -0.05) is 64.8 Å². The third-order valence-electron chi connectivity index (χ3n) is 4.27. The Kier molecular flexibility index (Phi) is 5.65. The maximum atomic E-state index is 12.9. The molecular formula is C19H14Cl2N8O2. The van der Waals surface area contributed by atoms with Crippen molar-refractivity contribution in [2.24, 2.45) is 5.10 Å². The summed E-state index contributed by atoms with van der Waals surface area (Å²) in [6.07, 6.45) is 0. The van der Waals surface area contributed by atoms with Gasteiger partial charge in [-0.3, -0.25) is 4.79 Å². The smallest absolute Gasteiger partial charge is 0.294 e. The lowest BCUT2D eigenvalue weighted by Gasteiger charge is -2.07.